The highest BCUT2D eigenvalue weighted by atomic mass is 79.9. The molecular weight excluding hydrogens is 362 g/mol. The van der Waals surface area contributed by atoms with E-state index in [4.69, 9.17) is 39.5 Å². The van der Waals surface area contributed by atoms with E-state index in [1.54, 1.807) is 25.1 Å². The molecule has 2 aromatic rings. The highest BCUT2D eigenvalue weighted by Gasteiger charge is 2.09. The Bertz CT molecular complexity index is 587. The van der Waals surface area contributed by atoms with Crippen molar-refractivity contribution in [1.82, 2.24) is 9.97 Å². The summed E-state index contributed by atoms with van der Waals surface area (Å²) in [7, 11) is 0. The van der Waals surface area contributed by atoms with Crippen molar-refractivity contribution in [2.75, 3.05) is 0 Å². The lowest BCUT2D eigenvalue weighted by molar-refractivity contribution is 0.461. The Morgan fingerprint density at radius 3 is 2.44 bits per heavy atom. The van der Waals surface area contributed by atoms with Crippen LogP contribution in [0, 0.1) is 6.92 Å². The van der Waals surface area contributed by atoms with E-state index in [9.17, 15) is 0 Å². The summed E-state index contributed by atoms with van der Waals surface area (Å²) in [6, 6.07) is 4.90. The maximum atomic E-state index is 6.04. The SMILES string of the molecule is Cc1cc(Oc2cc(Cl)c(Br)cc2Cl)nc(Cl)n1. The number of rotatable bonds is 2. The van der Waals surface area contributed by atoms with E-state index in [0.717, 1.165) is 0 Å². The number of nitrogens with zero attached hydrogens (tertiary/aromatic N) is 2. The van der Waals surface area contributed by atoms with Gasteiger partial charge in [0, 0.05) is 22.3 Å². The molecule has 94 valence electrons. The lowest BCUT2D eigenvalue weighted by atomic mass is 10.3. The molecule has 18 heavy (non-hydrogen) atoms. The number of halogens is 4. The van der Waals surface area contributed by atoms with Crippen molar-refractivity contribution >= 4 is 50.7 Å². The summed E-state index contributed by atoms with van der Waals surface area (Å²) in [5.41, 5.74) is 0.698. The van der Waals surface area contributed by atoms with Crippen molar-refractivity contribution in [3.05, 3.63) is 43.7 Å². The van der Waals surface area contributed by atoms with Gasteiger partial charge < -0.3 is 4.74 Å². The predicted octanol–water partition coefficient (Wildman–Crippen LogP) is 5.30. The zero-order valence-corrected chi connectivity index (χ0v) is 12.9. The highest BCUT2D eigenvalue weighted by Crippen LogP contribution is 2.36. The van der Waals surface area contributed by atoms with Gasteiger partial charge in [-0.1, -0.05) is 23.2 Å². The Kier molecular flexibility index (Phi) is 4.33. The van der Waals surface area contributed by atoms with Gasteiger partial charge >= 0.3 is 0 Å². The summed E-state index contributed by atoms with van der Waals surface area (Å²) < 4.78 is 6.23. The fraction of sp³-hybridized carbons (Fsp3) is 0.0909. The van der Waals surface area contributed by atoms with Crippen LogP contribution in [0.2, 0.25) is 15.3 Å². The molecule has 0 atom stereocenters. The minimum Gasteiger partial charge on any atom is -0.437 e. The predicted molar refractivity (Wildman–Crippen MR) is 76.0 cm³/mol. The van der Waals surface area contributed by atoms with Gasteiger partial charge in [0.25, 0.3) is 0 Å². The molecule has 1 heterocycles. The molecule has 0 amide bonds. The van der Waals surface area contributed by atoms with Crippen LogP contribution in [0.25, 0.3) is 0 Å². The van der Waals surface area contributed by atoms with E-state index in [1.165, 1.54) is 0 Å². The van der Waals surface area contributed by atoms with Gasteiger partial charge in [-0.2, -0.15) is 4.98 Å². The summed E-state index contributed by atoms with van der Waals surface area (Å²) in [6.07, 6.45) is 0. The zero-order chi connectivity index (χ0) is 13.3. The van der Waals surface area contributed by atoms with Crippen LogP contribution >= 0.6 is 50.7 Å². The van der Waals surface area contributed by atoms with E-state index < -0.39 is 0 Å². The quantitative estimate of drug-likeness (QED) is 0.533. The Morgan fingerprint density at radius 2 is 1.78 bits per heavy atom. The van der Waals surface area contributed by atoms with E-state index in [-0.39, 0.29) is 5.28 Å². The van der Waals surface area contributed by atoms with Crippen molar-refractivity contribution < 1.29 is 4.74 Å². The Labute approximate surface area is 127 Å². The van der Waals surface area contributed by atoms with Gasteiger partial charge in [0.2, 0.25) is 11.2 Å². The first-order valence-corrected chi connectivity index (χ1v) is 6.72. The smallest absolute Gasteiger partial charge is 0.225 e. The number of hydrogen-bond acceptors (Lipinski definition) is 3. The molecule has 0 N–H and O–H groups in total. The van der Waals surface area contributed by atoms with Crippen molar-refractivity contribution in [2.45, 2.75) is 6.92 Å². The van der Waals surface area contributed by atoms with E-state index in [0.29, 0.717) is 31.8 Å². The molecule has 0 aliphatic carbocycles. The van der Waals surface area contributed by atoms with Gasteiger partial charge in [0.05, 0.1) is 10.0 Å². The van der Waals surface area contributed by atoms with Gasteiger partial charge in [-0.25, -0.2) is 4.98 Å². The monoisotopic (exact) mass is 366 g/mol. The summed E-state index contributed by atoms with van der Waals surface area (Å²) in [6.45, 7) is 1.79. The maximum Gasteiger partial charge on any atom is 0.225 e. The molecule has 0 unspecified atom stereocenters. The highest BCUT2D eigenvalue weighted by molar-refractivity contribution is 9.10. The fourth-order valence-corrected chi connectivity index (χ4v) is 2.30. The molecule has 0 fully saturated rings. The number of aromatic nitrogens is 2. The molecule has 7 heteroatoms. The minimum absolute atomic E-state index is 0.115. The molecule has 3 nitrogen and oxygen atoms in total. The molecule has 0 aliphatic rings. The first-order chi connectivity index (χ1) is 8.45. The summed E-state index contributed by atoms with van der Waals surface area (Å²) in [5.74, 6) is 0.715. The van der Waals surface area contributed by atoms with Gasteiger partial charge in [0.15, 0.2) is 0 Å². The van der Waals surface area contributed by atoms with Crippen LogP contribution in [0.4, 0.5) is 0 Å². The first-order valence-electron chi connectivity index (χ1n) is 4.79. The molecule has 0 saturated carbocycles. The van der Waals surface area contributed by atoms with Crippen LogP contribution in [-0.2, 0) is 0 Å². The molecule has 1 aromatic carbocycles. The molecular formula is C11H6BrCl3N2O. The zero-order valence-electron chi connectivity index (χ0n) is 9.05. The molecule has 2 rings (SSSR count). The van der Waals surface area contributed by atoms with E-state index in [1.807, 2.05) is 0 Å². The van der Waals surface area contributed by atoms with Gasteiger partial charge in [0.1, 0.15) is 5.75 Å². The van der Waals surface area contributed by atoms with Crippen LogP contribution in [0.3, 0.4) is 0 Å². The molecule has 0 spiro atoms. The van der Waals surface area contributed by atoms with Crippen LogP contribution in [0.15, 0.2) is 22.7 Å². The molecule has 0 aliphatic heterocycles. The molecule has 0 radical (unpaired) electrons. The molecule has 0 bridgehead atoms. The van der Waals surface area contributed by atoms with Crippen molar-refractivity contribution in [3.63, 3.8) is 0 Å². The Morgan fingerprint density at radius 1 is 1.06 bits per heavy atom. The third kappa shape index (κ3) is 3.26. The molecule has 1 aromatic heterocycles. The van der Waals surface area contributed by atoms with Crippen LogP contribution in [-0.4, -0.2) is 9.97 Å². The normalized spacial score (nSPS) is 10.5. The fourth-order valence-electron chi connectivity index (χ4n) is 1.25. The second kappa shape index (κ2) is 5.61. The van der Waals surface area contributed by atoms with Gasteiger partial charge in [-0.3, -0.25) is 0 Å². The maximum absolute atomic E-state index is 6.04. The number of ether oxygens (including phenoxy) is 1. The number of hydrogen-bond donors (Lipinski definition) is 0. The van der Waals surface area contributed by atoms with E-state index in [2.05, 4.69) is 25.9 Å². The van der Waals surface area contributed by atoms with Crippen LogP contribution in [0.5, 0.6) is 11.6 Å². The second-order valence-corrected chi connectivity index (χ2v) is 5.42. The Hall–Kier alpha value is -0.550. The van der Waals surface area contributed by atoms with E-state index >= 15 is 0 Å². The van der Waals surface area contributed by atoms with Crippen molar-refractivity contribution in [2.24, 2.45) is 0 Å². The van der Waals surface area contributed by atoms with Crippen molar-refractivity contribution in [1.29, 1.82) is 0 Å². The standard InChI is InChI=1S/C11H6BrCl3N2O/c1-5-2-10(17-11(15)16-5)18-9-4-7(13)6(12)3-8(9)14/h2-4H,1H3. The number of benzene rings is 1. The third-order valence-electron chi connectivity index (χ3n) is 1.99. The summed E-state index contributed by atoms with van der Waals surface area (Å²) in [4.78, 5) is 7.88. The average molecular weight is 368 g/mol. The largest absolute Gasteiger partial charge is 0.437 e. The summed E-state index contributed by atoms with van der Waals surface area (Å²) in [5, 5.41) is 1.02. The van der Waals surface area contributed by atoms with Crippen LogP contribution < -0.4 is 4.74 Å². The Balaban J connectivity index is 2.36. The second-order valence-electron chi connectivity index (χ2n) is 3.42. The van der Waals surface area contributed by atoms with Crippen LogP contribution in [0.1, 0.15) is 5.69 Å². The minimum atomic E-state index is 0.115. The lowest BCUT2D eigenvalue weighted by Crippen LogP contribution is -1.93. The summed E-state index contributed by atoms with van der Waals surface area (Å²) >= 11 is 21.0. The third-order valence-corrected chi connectivity index (χ3v) is 3.65. The lowest BCUT2D eigenvalue weighted by Gasteiger charge is -2.08. The average Bonchev–Trinajstić information content (AvgIpc) is 2.24. The first kappa shape index (κ1) is 13.9. The van der Waals surface area contributed by atoms with Crippen molar-refractivity contribution in [3.8, 4) is 11.6 Å². The van der Waals surface area contributed by atoms with Gasteiger partial charge in [-0.05, 0) is 40.5 Å². The topological polar surface area (TPSA) is 35.0 Å². The molecule has 0 saturated heterocycles. The van der Waals surface area contributed by atoms with Gasteiger partial charge in [-0.15, -0.1) is 0 Å². The number of aryl methyl sites for hydroxylation is 1.